The van der Waals surface area contributed by atoms with E-state index in [0.29, 0.717) is 17.0 Å². The third-order valence-electron chi connectivity index (χ3n) is 1.25. The molecule has 0 bridgehead atoms. The Hall–Kier alpha value is -0.953. The minimum atomic E-state index is -0.799. The molecule has 5 nitrogen and oxygen atoms in total. The highest BCUT2D eigenvalue weighted by molar-refractivity contribution is 9.26. The van der Waals surface area contributed by atoms with E-state index in [1.54, 1.807) is 0 Å². The van der Waals surface area contributed by atoms with Crippen molar-refractivity contribution in [3.8, 4) is 0 Å². The van der Waals surface area contributed by atoms with Crippen LogP contribution in [0.1, 0.15) is 0 Å². The number of halogens is 1. The normalized spacial score (nSPS) is 10.9. The van der Waals surface area contributed by atoms with E-state index in [0.717, 1.165) is 0 Å². The predicted molar refractivity (Wildman–Crippen MR) is 68.4 cm³/mol. The molecule has 2 aromatic rings. The summed E-state index contributed by atoms with van der Waals surface area (Å²) in [5.74, 6) is 0.433. The Labute approximate surface area is 97.1 Å². The van der Waals surface area contributed by atoms with Crippen molar-refractivity contribution >= 4 is 39.0 Å². The van der Waals surface area contributed by atoms with Gasteiger partial charge in [-0.2, -0.15) is 0 Å². The number of nitrogens with two attached hydrogens (primary N) is 1. The second-order valence-corrected chi connectivity index (χ2v) is 15.2. The zero-order chi connectivity index (χ0) is 11.5. The second kappa shape index (κ2) is 4.71. The predicted octanol–water partition coefficient (Wildman–Crippen LogP) is 2.15. The van der Waals surface area contributed by atoms with Crippen molar-refractivity contribution in [3.63, 3.8) is 0 Å². The zero-order valence-corrected chi connectivity index (χ0v) is 11.5. The van der Waals surface area contributed by atoms with E-state index in [2.05, 4.69) is 54.9 Å². The third kappa shape index (κ3) is 4.39. The number of H-pyrrole nitrogens is 1. The van der Waals surface area contributed by atoms with Crippen LogP contribution in [0.25, 0.3) is 11.2 Å². The maximum absolute atomic E-state index is 5.48. The van der Waals surface area contributed by atoms with Crippen LogP contribution >= 0.6 is 15.3 Å². The number of hydrogen-bond acceptors (Lipinski definition) is 4. The first kappa shape index (κ1) is 12.1. The summed E-state index contributed by atoms with van der Waals surface area (Å²) in [6, 6.07) is 0. The number of nitrogens with one attached hydrogen (secondary N) is 1. The minimum Gasteiger partial charge on any atom is -0.382 e. The molecule has 0 atom stereocenters. The number of fused-ring (bicyclic) bond motifs is 1. The Kier molecular flexibility index (Phi) is 3.81. The number of nitrogens with zero attached hydrogens (tertiary/aromatic N) is 3. The van der Waals surface area contributed by atoms with E-state index >= 15 is 0 Å². The summed E-state index contributed by atoms with van der Waals surface area (Å²) in [6.45, 7) is 5.93. The van der Waals surface area contributed by atoms with Crippen molar-refractivity contribution in [1.82, 2.24) is 19.9 Å². The van der Waals surface area contributed by atoms with E-state index in [4.69, 9.17) is 5.73 Å². The van der Waals surface area contributed by atoms with Crippen LogP contribution in [0.4, 0.5) is 5.82 Å². The molecule has 0 amide bonds. The molecule has 0 radical (unpaired) electrons. The van der Waals surface area contributed by atoms with E-state index in [-0.39, 0.29) is 0 Å². The maximum atomic E-state index is 5.48. The van der Waals surface area contributed by atoms with Crippen LogP contribution in [0.15, 0.2) is 12.7 Å². The molecule has 0 aliphatic heterocycles. The lowest BCUT2D eigenvalue weighted by molar-refractivity contribution is 1.21. The van der Waals surface area contributed by atoms with Gasteiger partial charge in [0.15, 0.2) is 11.5 Å². The number of rotatable bonds is 0. The number of anilines is 1. The van der Waals surface area contributed by atoms with E-state index in [9.17, 15) is 0 Å². The Morgan fingerprint density at radius 3 is 2.40 bits per heavy atom. The molecule has 0 fully saturated rings. The molecular weight excluding hydrogens is 274 g/mol. The molecule has 2 heterocycles. The topological polar surface area (TPSA) is 80.5 Å². The van der Waals surface area contributed by atoms with Crippen molar-refractivity contribution in [1.29, 1.82) is 0 Å². The first-order valence-electron chi connectivity index (χ1n) is 4.46. The summed E-state index contributed by atoms with van der Waals surface area (Å²) in [5, 5.41) is 0. The number of aromatic amines is 1. The summed E-state index contributed by atoms with van der Waals surface area (Å²) >= 11 is 3.51. The monoisotopic (exact) mass is 287 g/mol. The van der Waals surface area contributed by atoms with Crippen molar-refractivity contribution in [2.45, 2.75) is 19.6 Å². The van der Waals surface area contributed by atoms with Gasteiger partial charge in [-0.15, -0.1) is 15.3 Å². The molecule has 7 heteroatoms. The lowest BCUT2D eigenvalue weighted by Crippen LogP contribution is -2.05. The van der Waals surface area contributed by atoms with Gasteiger partial charge in [-0.1, -0.05) is 19.6 Å². The molecule has 15 heavy (non-hydrogen) atoms. The molecule has 0 aromatic carbocycles. The van der Waals surface area contributed by atoms with Crippen LogP contribution in [0.2, 0.25) is 19.6 Å². The van der Waals surface area contributed by atoms with Gasteiger partial charge in [0.25, 0.3) is 0 Å². The van der Waals surface area contributed by atoms with Crippen LogP contribution in [0, 0.1) is 0 Å². The fraction of sp³-hybridized carbons (Fsp3) is 0.375. The van der Waals surface area contributed by atoms with Crippen molar-refractivity contribution in [2.75, 3.05) is 5.73 Å². The standard InChI is InChI=1S/C5H5N5.C3H9BrSi/c6-4-3-5(9-1-7-3)10-2-8-4;1-5(2,3)4/h1-2H,(H3,6,7,8,9,10);1-3H3. The molecular formula is C8H14BrN5Si. The van der Waals surface area contributed by atoms with Gasteiger partial charge in [0, 0.05) is 0 Å². The average molecular weight is 288 g/mol. The molecule has 3 N–H and O–H groups in total. The zero-order valence-electron chi connectivity index (χ0n) is 8.95. The van der Waals surface area contributed by atoms with Crippen molar-refractivity contribution < 1.29 is 0 Å². The Morgan fingerprint density at radius 1 is 1.27 bits per heavy atom. The molecule has 0 saturated heterocycles. The summed E-state index contributed by atoms with van der Waals surface area (Å²) in [7, 11) is 0. The van der Waals surface area contributed by atoms with Gasteiger partial charge in [-0.25, -0.2) is 15.0 Å². The average Bonchev–Trinajstić information content (AvgIpc) is 2.49. The van der Waals surface area contributed by atoms with E-state index < -0.39 is 6.69 Å². The van der Waals surface area contributed by atoms with Crippen LogP contribution in [-0.2, 0) is 0 Å². The smallest absolute Gasteiger partial charge is 0.182 e. The van der Waals surface area contributed by atoms with Crippen molar-refractivity contribution in [3.05, 3.63) is 12.7 Å². The summed E-state index contributed by atoms with van der Waals surface area (Å²) in [5.41, 5.74) is 6.78. The Bertz CT molecular complexity index is 430. The Balaban J connectivity index is 0.000000195. The lowest BCUT2D eigenvalue weighted by atomic mass is 10.5. The number of aromatic nitrogens is 4. The first-order valence-corrected chi connectivity index (χ1v) is 10.2. The van der Waals surface area contributed by atoms with Crippen LogP contribution in [-0.4, -0.2) is 26.6 Å². The number of hydrogen-bond donors (Lipinski definition) is 2. The molecule has 2 rings (SSSR count). The van der Waals surface area contributed by atoms with E-state index in [1.165, 1.54) is 12.7 Å². The molecule has 0 spiro atoms. The third-order valence-corrected chi connectivity index (χ3v) is 1.25. The fourth-order valence-corrected chi connectivity index (χ4v) is 0.784. The lowest BCUT2D eigenvalue weighted by Gasteiger charge is -1.98. The first-order chi connectivity index (χ1) is 6.88. The highest BCUT2D eigenvalue weighted by Crippen LogP contribution is 2.09. The van der Waals surface area contributed by atoms with Gasteiger partial charge in [0.05, 0.1) is 6.33 Å². The summed E-state index contributed by atoms with van der Waals surface area (Å²) in [4.78, 5) is 14.4. The molecule has 0 unspecified atom stereocenters. The number of nitrogen functional groups attached to an aromatic ring is 1. The van der Waals surface area contributed by atoms with Gasteiger partial charge in [-0.3, -0.25) is 0 Å². The van der Waals surface area contributed by atoms with Crippen LogP contribution in [0.5, 0.6) is 0 Å². The molecule has 0 aliphatic carbocycles. The van der Waals surface area contributed by atoms with Crippen LogP contribution in [0.3, 0.4) is 0 Å². The van der Waals surface area contributed by atoms with Crippen molar-refractivity contribution in [2.24, 2.45) is 0 Å². The van der Waals surface area contributed by atoms with Gasteiger partial charge >= 0.3 is 0 Å². The molecule has 0 saturated carbocycles. The quantitative estimate of drug-likeness (QED) is 0.575. The molecule has 2 aromatic heterocycles. The largest absolute Gasteiger partial charge is 0.382 e. The van der Waals surface area contributed by atoms with Gasteiger partial charge in [-0.05, 0) is 0 Å². The molecule has 0 aliphatic rings. The molecule has 82 valence electrons. The Morgan fingerprint density at radius 2 is 1.87 bits per heavy atom. The number of imidazole rings is 1. The van der Waals surface area contributed by atoms with Gasteiger partial charge < -0.3 is 10.7 Å². The summed E-state index contributed by atoms with van der Waals surface area (Å²) in [6.07, 6.45) is 2.92. The fourth-order valence-electron chi connectivity index (χ4n) is 0.784. The van der Waals surface area contributed by atoms with E-state index in [1.807, 2.05) is 0 Å². The highest BCUT2D eigenvalue weighted by atomic mass is 79.9. The minimum absolute atomic E-state index is 0.433. The second-order valence-electron chi connectivity index (χ2n) is 3.93. The maximum Gasteiger partial charge on any atom is 0.182 e. The summed E-state index contributed by atoms with van der Waals surface area (Å²) < 4.78 is 0. The highest BCUT2D eigenvalue weighted by Gasteiger charge is 2.03. The SMILES string of the molecule is C[Si](C)(C)Br.Nc1ncnc2nc[nH]c12. The van der Waals surface area contributed by atoms with Crippen LogP contribution < -0.4 is 5.73 Å². The van der Waals surface area contributed by atoms with Gasteiger partial charge in [0.1, 0.15) is 18.5 Å². The van der Waals surface area contributed by atoms with Gasteiger partial charge in [0.2, 0.25) is 0 Å².